The van der Waals surface area contributed by atoms with Crippen molar-refractivity contribution >= 4 is 19.2 Å². The van der Waals surface area contributed by atoms with Crippen LogP contribution in [0.3, 0.4) is 0 Å². The lowest BCUT2D eigenvalue weighted by Crippen LogP contribution is -2.49. The Morgan fingerprint density at radius 1 is 1.50 bits per heavy atom. The topological polar surface area (TPSA) is 29.4 Å². The van der Waals surface area contributed by atoms with Crippen LogP contribution in [-0.4, -0.2) is 25.7 Å². The summed E-state index contributed by atoms with van der Waals surface area (Å²) in [6, 6.07) is 0. The fourth-order valence-electron chi connectivity index (χ4n) is 1.73. The van der Waals surface area contributed by atoms with Gasteiger partial charge in [0.05, 0.1) is 5.71 Å². The normalized spacial score (nSPS) is 24.9. The highest BCUT2D eigenvalue weighted by Crippen LogP contribution is 2.26. The monoisotopic (exact) mass is 237 g/mol. The number of rotatable bonds is 4. The zero-order valence-electron chi connectivity index (χ0n) is 10.9. The molecule has 3 heteroatoms. The predicted octanol–water partition coefficient (Wildman–Crippen LogP) is 3.39. The number of carbonyl (C=O) groups is 1. The van der Waals surface area contributed by atoms with Gasteiger partial charge in [0.2, 0.25) is 0 Å². The summed E-state index contributed by atoms with van der Waals surface area (Å²) in [5.41, 5.74) is 1.21. The van der Waals surface area contributed by atoms with Crippen LogP contribution in [0.5, 0.6) is 0 Å². The van der Waals surface area contributed by atoms with Crippen molar-refractivity contribution in [3.8, 4) is 0 Å². The van der Waals surface area contributed by atoms with Gasteiger partial charge in [0.15, 0.2) is 5.41 Å². The molecule has 0 saturated heterocycles. The number of nitrogens with zero attached hydrogens (tertiary/aromatic N) is 1. The van der Waals surface area contributed by atoms with Crippen molar-refractivity contribution in [2.45, 2.75) is 51.7 Å². The van der Waals surface area contributed by atoms with Crippen molar-refractivity contribution in [2.75, 3.05) is 6.54 Å². The molecule has 1 heterocycles. The number of carbonyl (C=O) groups excluding carboxylic acids is 1. The van der Waals surface area contributed by atoms with Crippen LogP contribution < -0.4 is 0 Å². The van der Waals surface area contributed by atoms with Gasteiger partial charge in [-0.05, 0) is 18.0 Å². The second-order valence-electron chi connectivity index (χ2n) is 5.22. The van der Waals surface area contributed by atoms with Crippen LogP contribution >= 0.6 is 0 Å². The lowest BCUT2D eigenvalue weighted by molar-refractivity contribution is -0.107. The molecule has 0 radical (unpaired) electrons. The maximum atomic E-state index is 12.2. The molecule has 0 fully saturated rings. The van der Waals surface area contributed by atoms with Crippen LogP contribution in [0.4, 0.5) is 0 Å². The Balaban J connectivity index is 2.68. The minimum Gasteiger partial charge on any atom is -0.298 e. The molecule has 16 heavy (non-hydrogen) atoms. The van der Waals surface area contributed by atoms with Crippen molar-refractivity contribution in [2.24, 2.45) is 4.99 Å². The first-order valence-corrected chi connectivity index (χ1v) is 9.33. The Morgan fingerprint density at radius 3 is 2.81 bits per heavy atom. The van der Waals surface area contributed by atoms with E-state index in [0.717, 1.165) is 18.7 Å². The van der Waals surface area contributed by atoms with Gasteiger partial charge in [-0.1, -0.05) is 45.9 Å². The molecule has 0 bridgehead atoms. The maximum absolute atomic E-state index is 12.2. The second kappa shape index (κ2) is 5.57. The lowest BCUT2D eigenvalue weighted by atomic mass is 10.2. The molecule has 1 unspecified atom stereocenters. The summed E-state index contributed by atoms with van der Waals surface area (Å²) >= 11 is 0. The number of hydrogen-bond donors (Lipinski definition) is 0. The highest BCUT2D eigenvalue weighted by atomic mass is 28.3. The number of unbranched alkanes of at least 4 members (excludes halogenated alkanes) is 2. The Kier molecular flexibility index (Phi) is 4.65. The maximum Gasteiger partial charge on any atom is 0.157 e. The average molecular weight is 237 g/mol. The molecule has 0 aromatic rings. The summed E-state index contributed by atoms with van der Waals surface area (Å²) in [6.07, 6.45) is 7.48. The molecule has 0 aliphatic carbocycles. The quantitative estimate of drug-likeness (QED) is 0.544. The van der Waals surface area contributed by atoms with E-state index in [1.807, 2.05) is 6.08 Å². The molecule has 1 aliphatic rings. The van der Waals surface area contributed by atoms with Gasteiger partial charge in [0, 0.05) is 6.54 Å². The van der Waals surface area contributed by atoms with Gasteiger partial charge in [-0.3, -0.25) is 9.79 Å². The van der Waals surface area contributed by atoms with E-state index in [4.69, 9.17) is 0 Å². The second-order valence-corrected chi connectivity index (χ2v) is 10.1. The molecule has 0 saturated carbocycles. The van der Waals surface area contributed by atoms with Crippen molar-refractivity contribution in [1.29, 1.82) is 0 Å². The van der Waals surface area contributed by atoms with E-state index < -0.39 is 8.07 Å². The van der Waals surface area contributed by atoms with E-state index >= 15 is 0 Å². The zero-order valence-corrected chi connectivity index (χ0v) is 11.9. The summed E-state index contributed by atoms with van der Waals surface area (Å²) in [4.78, 5) is 16.6. The Morgan fingerprint density at radius 2 is 2.19 bits per heavy atom. The van der Waals surface area contributed by atoms with Crippen LogP contribution in [-0.2, 0) is 4.79 Å². The molecular weight excluding hydrogens is 214 g/mol. The van der Waals surface area contributed by atoms with E-state index in [1.54, 1.807) is 0 Å². The molecule has 1 atom stereocenters. The van der Waals surface area contributed by atoms with Gasteiger partial charge in [0.25, 0.3) is 0 Å². The molecule has 0 amide bonds. The standard InChI is InChI=1S/C13H23NOSi/c1-5-6-7-8-9-12-13(15)16(3,4)11(2)10-14-12/h8-9,11H,5-7,10H2,1-4H3. The molecule has 0 aromatic heterocycles. The molecule has 1 aliphatic heterocycles. The molecule has 1 rings (SSSR count). The first kappa shape index (κ1) is 13.4. The number of aliphatic imine (C=N–C) groups is 1. The minimum absolute atomic E-state index is 0.332. The van der Waals surface area contributed by atoms with Gasteiger partial charge in [-0.2, -0.15) is 0 Å². The summed E-state index contributed by atoms with van der Waals surface area (Å²) in [5, 5.41) is 0.332. The molecule has 90 valence electrons. The van der Waals surface area contributed by atoms with Crippen LogP contribution in [0, 0.1) is 0 Å². The van der Waals surface area contributed by atoms with Crippen LogP contribution in [0.25, 0.3) is 0 Å². The van der Waals surface area contributed by atoms with Crippen molar-refractivity contribution in [1.82, 2.24) is 0 Å². The fraction of sp³-hybridized carbons (Fsp3) is 0.692. The molecule has 0 aromatic carbocycles. The van der Waals surface area contributed by atoms with E-state index in [9.17, 15) is 4.79 Å². The van der Waals surface area contributed by atoms with E-state index in [2.05, 4.69) is 38.0 Å². The first-order chi connectivity index (χ1) is 7.50. The number of hydrogen-bond acceptors (Lipinski definition) is 2. The van der Waals surface area contributed by atoms with Gasteiger partial charge >= 0.3 is 0 Å². The van der Waals surface area contributed by atoms with Gasteiger partial charge < -0.3 is 0 Å². The third-order valence-electron chi connectivity index (χ3n) is 3.59. The van der Waals surface area contributed by atoms with Crippen LogP contribution in [0.1, 0.15) is 33.1 Å². The van der Waals surface area contributed by atoms with Crippen molar-refractivity contribution < 1.29 is 4.79 Å². The van der Waals surface area contributed by atoms with Gasteiger partial charge in [-0.25, -0.2) is 0 Å². The first-order valence-electron chi connectivity index (χ1n) is 6.26. The molecular formula is C13H23NOSi. The molecule has 0 spiro atoms. The number of allylic oxidation sites excluding steroid dienone is 2. The van der Waals surface area contributed by atoms with Crippen molar-refractivity contribution in [3.05, 3.63) is 12.2 Å². The summed E-state index contributed by atoms with van der Waals surface area (Å²) in [7, 11) is -1.75. The summed E-state index contributed by atoms with van der Waals surface area (Å²) in [5.74, 6) is 0. The van der Waals surface area contributed by atoms with Crippen LogP contribution in [0.2, 0.25) is 18.6 Å². The lowest BCUT2D eigenvalue weighted by Gasteiger charge is -2.30. The largest absolute Gasteiger partial charge is 0.298 e. The Bertz CT molecular complexity index is 318. The van der Waals surface area contributed by atoms with Gasteiger partial charge in [-0.15, -0.1) is 0 Å². The van der Waals surface area contributed by atoms with Crippen LogP contribution in [0.15, 0.2) is 17.1 Å². The minimum atomic E-state index is -1.75. The predicted molar refractivity (Wildman–Crippen MR) is 72.9 cm³/mol. The summed E-state index contributed by atoms with van der Waals surface area (Å²) in [6.45, 7) is 9.49. The molecule has 0 N–H and O–H groups in total. The third-order valence-corrected chi connectivity index (χ3v) is 7.66. The zero-order chi connectivity index (χ0) is 12.2. The smallest absolute Gasteiger partial charge is 0.157 e. The highest BCUT2D eigenvalue weighted by Gasteiger charge is 2.40. The SMILES string of the molecule is CCCCC=CC1=NCC(C)[Si](C)(C)C1=O. The van der Waals surface area contributed by atoms with E-state index in [1.165, 1.54) is 12.8 Å². The van der Waals surface area contributed by atoms with E-state index in [0.29, 0.717) is 10.9 Å². The van der Waals surface area contributed by atoms with Gasteiger partial charge in [0.1, 0.15) is 8.07 Å². The Labute approximate surface area is 99.9 Å². The van der Waals surface area contributed by atoms with Crippen molar-refractivity contribution in [3.63, 3.8) is 0 Å². The highest BCUT2D eigenvalue weighted by molar-refractivity contribution is 7.14. The third kappa shape index (κ3) is 2.91. The molecule has 2 nitrogen and oxygen atoms in total. The average Bonchev–Trinajstić information content (AvgIpc) is 2.25. The van der Waals surface area contributed by atoms with E-state index in [-0.39, 0.29) is 0 Å². The fourth-order valence-corrected chi connectivity index (χ4v) is 3.55. The summed E-state index contributed by atoms with van der Waals surface area (Å²) < 4.78 is 0. The Hall–Kier alpha value is -0.703.